The average Bonchev–Trinajstić information content (AvgIpc) is 2.50. The summed E-state index contributed by atoms with van der Waals surface area (Å²) < 4.78 is 10.6. The molecule has 0 bridgehead atoms. The van der Waals surface area contributed by atoms with Crippen molar-refractivity contribution in [3.05, 3.63) is 23.8 Å². The van der Waals surface area contributed by atoms with E-state index < -0.39 is 0 Å². The minimum absolute atomic E-state index is 0.288. The number of hydrogen-bond donors (Lipinski definition) is 2. The number of ether oxygens (including phenoxy) is 2. The first kappa shape index (κ1) is 18.1. The Balaban J connectivity index is 2.32. The third-order valence-corrected chi connectivity index (χ3v) is 4.25. The Morgan fingerprint density at radius 1 is 1.19 bits per heavy atom. The zero-order chi connectivity index (χ0) is 15.5. The van der Waals surface area contributed by atoms with E-state index in [4.69, 9.17) is 14.6 Å². The molecule has 0 fully saturated rings. The van der Waals surface area contributed by atoms with E-state index in [1.807, 2.05) is 23.9 Å². The minimum atomic E-state index is 0.288. The van der Waals surface area contributed by atoms with Gasteiger partial charge in [-0.2, -0.15) is 11.8 Å². The third-order valence-electron chi connectivity index (χ3n) is 3.18. The highest BCUT2D eigenvalue weighted by molar-refractivity contribution is 7.99. The molecule has 0 spiro atoms. The molecule has 2 N–H and O–H groups in total. The molecule has 120 valence electrons. The van der Waals surface area contributed by atoms with Gasteiger partial charge in [0, 0.05) is 24.9 Å². The first-order chi connectivity index (χ1) is 10.2. The van der Waals surface area contributed by atoms with Crippen molar-refractivity contribution in [3.63, 3.8) is 0 Å². The van der Waals surface area contributed by atoms with Crippen LogP contribution in [0.5, 0.6) is 11.5 Å². The zero-order valence-electron chi connectivity index (χ0n) is 13.2. The van der Waals surface area contributed by atoms with Gasteiger partial charge in [-0.25, -0.2) is 0 Å². The van der Waals surface area contributed by atoms with Gasteiger partial charge >= 0.3 is 0 Å². The molecule has 0 radical (unpaired) electrons. The van der Waals surface area contributed by atoms with Gasteiger partial charge in [-0.05, 0) is 43.2 Å². The van der Waals surface area contributed by atoms with Crippen LogP contribution in [-0.2, 0) is 6.42 Å². The van der Waals surface area contributed by atoms with Gasteiger partial charge in [-0.3, -0.25) is 0 Å². The molecule has 0 aliphatic rings. The molecule has 0 heterocycles. The van der Waals surface area contributed by atoms with Gasteiger partial charge < -0.3 is 19.9 Å². The molecule has 1 aromatic carbocycles. The molecule has 5 heteroatoms. The maximum Gasteiger partial charge on any atom is 0.160 e. The fourth-order valence-corrected chi connectivity index (χ4v) is 2.88. The zero-order valence-corrected chi connectivity index (χ0v) is 14.0. The minimum Gasteiger partial charge on any atom is -0.493 e. The Morgan fingerprint density at radius 3 is 2.62 bits per heavy atom. The van der Waals surface area contributed by atoms with E-state index >= 15 is 0 Å². The lowest BCUT2D eigenvalue weighted by Gasteiger charge is -2.15. The molecule has 1 unspecified atom stereocenters. The second-order valence-corrected chi connectivity index (χ2v) is 6.16. The van der Waals surface area contributed by atoms with Crippen molar-refractivity contribution < 1.29 is 14.6 Å². The second kappa shape index (κ2) is 10.8. The van der Waals surface area contributed by atoms with Crippen LogP contribution < -0.4 is 14.8 Å². The lowest BCUT2D eigenvalue weighted by molar-refractivity contribution is 0.296. The molecule has 0 aliphatic carbocycles. The van der Waals surface area contributed by atoms with Gasteiger partial charge in [0.25, 0.3) is 0 Å². The molecule has 0 saturated carbocycles. The standard InChI is InChI=1S/C16H27NO3S/c1-13(17-7-10-21-9-4-8-18)11-14-5-6-15(19-2)16(12-14)20-3/h5-6,12-13,17-18H,4,7-11H2,1-3H3. The van der Waals surface area contributed by atoms with Gasteiger partial charge in [0.05, 0.1) is 14.2 Å². The van der Waals surface area contributed by atoms with Crippen molar-refractivity contribution in [3.8, 4) is 11.5 Å². The summed E-state index contributed by atoms with van der Waals surface area (Å²) in [4.78, 5) is 0. The molecule has 1 rings (SSSR count). The Labute approximate surface area is 132 Å². The van der Waals surface area contributed by atoms with Crippen molar-refractivity contribution >= 4 is 11.8 Å². The van der Waals surface area contributed by atoms with E-state index in [-0.39, 0.29) is 6.61 Å². The molecule has 4 nitrogen and oxygen atoms in total. The predicted molar refractivity (Wildman–Crippen MR) is 89.7 cm³/mol. The number of nitrogens with one attached hydrogen (secondary N) is 1. The van der Waals surface area contributed by atoms with Crippen LogP contribution in [0.4, 0.5) is 0 Å². The molecule has 0 aliphatic heterocycles. The van der Waals surface area contributed by atoms with Crippen molar-refractivity contribution in [1.29, 1.82) is 0 Å². The van der Waals surface area contributed by atoms with Gasteiger partial charge in [0.15, 0.2) is 11.5 Å². The molecular formula is C16H27NO3S. The Kier molecular flexibility index (Phi) is 9.30. The van der Waals surface area contributed by atoms with Crippen molar-refractivity contribution in [2.75, 3.05) is 38.9 Å². The predicted octanol–water partition coefficient (Wildman–Crippen LogP) is 2.34. The lowest BCUT2D eigenvalue weighted by Crippen LogP contribution is -2.30. The van der Waals surface area contributed by atoms with Gasteiger partial charge in [0.2, 0.25) is 0 Å². The molecule has 0 amide bonds. The van der Waals surface area contributed by atoms with Gasteiger partial charge in [0.1, 0.15) is 0 Å². The summed E-state index contributed by atoms with van der Waals surface area (Å²) in [6.45, 7) is 3.47. The first-order valence-corrected chi connectivity index (χ1v) is 8.49. The summed E-state index contributed by atoms with van der Waals surface area (Å²) in [6, 6.07) is 6.48. The van der Waals surface area contributed by atoms with Crippen LogP contribution in [0.1, 0.15) is 18.9 Å². The Hall–Kier alpha value is -0.910. The van der Waals surface area contributed by atoms with E-state index in [2.05, 4.69) is 18.3 Å². The highest BCUT2D eigenvalue weighted by Gasteiger charge is 2.07. The Bertz CT molecular complexity index is 401. The molecule has 0 saturated heterocycles. The maximum absolute atomic E-state index is 8.71. The van der Waals surface area contributed by atoms with E-state index in [1.54, 1.807) is 14.2 Å². The number of methoxy groups -OCH3 is 2. The molecule has 1 atom stereocenters. The molecule has 0 aromatic heterocycles. The largest absolute Gasteiger partial charge is 0.493 e. The normalized spacial score (nSPS) is 12.2. The van der Waals surface area contributed by atoms with Crippen molar-refractivity contribution in [1.82, 2.24) is 5.32 Å². The number of thioether (sulfide) groups is 1. The van der Waals surface area contributed by atoms with E-state index in [9.17, 15) is 0 Å². The third kappa shape index (κ3) is 7.07. The van der Waals surface area contributed by atoms with E-state index in [1.165, 1.54) is 5.56 Å². The van der Waals surface area contributed by atoms with Crippen LogP contribution in [0, 0.1) is 0 Å². The summed E-state index contributed by atoms with van der Waals surface area (Å²) in [5, 5.41) is 12.2. The van der Waals surface area contributed by atoms with Crippen molar-refractivity contribution in [2.24, 2.45) is 0 Å². The van der Waals surface area contributed by atoms with E-state index in [0.29, 0.717) is 6.04 Å². The van der Waals surface area contributed by atoms with E-state index in [0.717, 1.165) is 42.4 Å². The highest BCUT2D eigenvalue weighted by atomic mass is 32.2. The molecular weight excluding hydrogens is 286 g/mol. The maximum atomic E-state index is 8.71. The summed E-state index contributed by atoms with van der Waals surface area (Å²) in [5.41, 5.74) is 1.24. The van der Waals surface area contributed by atoms with Crippen LogP contribution in [-0.4, -0.2) is 50.0 Å². The lowest BCUT2D eigenvalue weighted by atomic mass is 10.1. The van der Waals surface area contributed by atoms with Crippen LogP contribution in [0.3, 0.4) is 0 Å². The Morgan fingerprint density at radius 2 is 1.95 bits per heavy atom. The summed E-state index contributed by atoms with van der Waals surface area (Å²) in [7, 11) is 3.31. The SMILES string of the molecule is COc1ccc(CC(C)NCCSCCCO)cc1OC. The first-order valence-electron chi connectivity index (χ1n) is 7.34. The van der Waals surface area contributed by atoms with Gasteiger partial charge in [-0.1, -0.05) is 6.07 Å². The number of aliphatic hydroxyl groups excluding tert-OH is 1. The summed E-state index contributed by atoms with van der Waals surface area (Å²) in [6.07, 6.45) is 1.84. The monoisotopic (exact) mass is 313 g/mol. The van der Waals surface area contributed by atoms with Crippen molar-refractivity contribution in [2.45, 2.75) is 25.8 Å². The average molecular weight is 313 g/mol. The van der Waals surface area contributed by atoms with Crippen LogP contribution in [0.25, 0.3) is 0 Å². The highest BCUT2D eigenvalue weighted by Crippen LogP contribution is 2.27. The van der Waals surface area contributed by atoms with Crippen LogP contribution in [0.15, 0.2) is 18.2 Å². The topological polar surface area (TPSA) is 50.7 Å². The second-order valence-electron chi connectivity index (χ2n) is 4.94. The van der Waals surface area contributed by atoms with Crippen LogP contribution in [0.2, 0.25) is 0 Å². The summed E-state index contributed by atoms with van der Waals surface area (Å²) >= 11 is 1.88. The number of benzene rings is 1. The molecule has 21 heavy (non-hydrogen) atoms. The fourth-order valence-electron chi connectivity index (χ4n) is 2.08. The number of hydrogen-bond acceptors (Lipinski definition) is 5. The quantitative estimate of drug-likeness (QED) is 0.614. The molecule has 1 aromatic rings. The smallest absolute Gasteiger partial charge is 0.160 e. The van der Waals surface area contributed by atoms with Crippen LogP contribution >= 0.6 is 11.8 Å². The number of rotatable bonds is 11. The van der Waals surface area contributed by atoms with Gasteiger partial charge in [-0.15, -0.1) is 0 Å². The summed E-state index contributed by atoms with van der Waals surface area (Å²) in [5.74, 6) is 3.65. The number of aliphatic hydroxyl groups is 1. The fraction of sp³-hybridized carbons (Fsp3) is 0.625.